The minimum absolute atomic E-state index is 0.0318. The van der Waals surface area contributed by atoms with E-state index < -0.39 is 36.1 Å². The molecule has 1 aromatic carbocycles. The van der Waals surface area contributed by atoms with Crippen molar-refractivity contribution in [1.29, 1.82) is 0 Å². The molecule has 1 saturated heterocycles. The average molecular weight is 517 g/mol. The van der Waals surface area contributed by atoms with Crippen molar-refractivity contribution in [2.75, 3.05) is 11.9 Å². The molecule has 0 amide bonds. The van der Waals surface area contributed by atoms with Gasteiger partial charge in [0, 0.05) is 23.9 Å². The van der Waals surface area contributed by atoms with Crippen molar-refractivity contribution in [3.63, 3.8) is 0 Å². The molecule has 1 aliphatic carbocycles. The van der Waals surface area contributed by atoms with Crippen molar-refractivity contribution >= 4 is 34.6 Å². The lowest BCUT2D eigenvalue weighted by Gasteiger charge is -2.23. The lowest BCUT2D eigenvalue weighted by atomic mass is 9.96. The third kappa shape index (κ3) is 5.02. The predicted octanol–water partition coefficient (Wildman–Crippen LogP) is 2.38. The minimum atomic E-state index is -1.26. The van der Waals surface area contributed by atoms with Crippen LogP contribution in [0.5, 0.6) is 0 Å². The number of aromatic nitrogens is 4. The Morgan fingerprint density at radius 1 is 1.14 bits per heavy atom. The van der Waals surface area contributed by atoms with E-state index in [-0.39, 0.29) is 11.7 Å². The number of hydrogen-bond donors (Lipinski definition) is 4. The number of aliphatic hydroxyl groups excluding tert-OH is 3. The van der Waals surface area contributed by atoms with Gasteiger partial charge in [-0.15, -0.1) is 0 Å². The SMILES string of the molecule is O=[N+]([O-])c1ccc(CSc2nc(NC3CCCCC3)nc3c2ncn3[C@@H]2O[C@H](CO)[C@@H](O)[C@H]2O)cc1. The van der Waals surface area contributed by atoms with E-state index in [4.69, 9.17) is 9.72 Å². The topological polar surface area (TPSA) is 169 Å². The van der Waals surface area contributed by atoms with Crippen molar-refractivity contribution in [3.8, 4) is 0 Å². The van der Waals surface area contributed by atoms with Crippen LogP contribution in [0.3, 0.4) is 0 Å². The fourth-order valence-corrected chi connectivity index (χ4v) is 5.57. The standard InChI is InChI=1S/C23H28N6O6S/c30-10-16-18(31)19(32)22(35-16)28-12-24-17-20(28)26-23(25-14-4-2-1-3-5-14)27-21(17)36-11-13-6-8-15(9-7-13)29(33)34/h6-9,12,14,16,18-19,22,30-32H,1-5,10-11H2,(H,25,26,27)/t16-,18-,19-,22-/m1/s1. The van der Waals surface area contributed by atoms with Gasteiger partial charge in [0.1, 0.15) is 28.9 Å². The molecule has 1 aliphatic heterocycles. The number of anilines is 1. The van der Waals surface area contributed by atoms with Gasteiger partial charge in [-0.3, -0.25) is 14.7 Å². The number of non-ortho nitro benzene ring substituents is 1. The van der Waals surface area contributed by atoms with Crippen molar-refractivity contribution < 1.29 is 25.0 Å². The Morgan fingerprint density at radius 2 is 1.89 bits per heavy atom. The van der Waals surface area contributed by atoms with E-state index in [1.807, 2.05) is 0 Å². The van der Waals surface area contributed by atoms with Gasteiger partial charge in [-0.25, -0.2) is 9.97 Å². The molecule has 5 rings (SSSR count). The van der Waals surface area contributed by atoms with Gasteiger partial charge in [-0.1, -0.05) is 43.2 Å². The van der Waals surface area contributed by atoms with E-state index in [2.05, 4.69) is 15.3 Å². The van der Waals surface area contributed by atoms with Crippen molar-refractivity contribution in [2.45, 2.75) is 73.5 Å². The molecule has 12 nitrogen and oxygen atoms in total. The monoisotopic (exact) mass is 516 g/mol. The van der Waals surface area contributed by atoms with Crippen molar-refractivity contribution in [3.05, 3.63) is 46.3 Å². The summed E-state index contributed by atoms with van der Waals surface area (Å²) < 4.78 is 7.27. The number of imidazole rings is 1. The molecule has 192 valence electrons. The number of rotatable bonds is 8. The maximum Gasteiger partial charge on any atom is 0.269 e. The number of nitrogens with zero attached hydrogens (tertiary/aromatic N) is 5. The Balaban J connectivity index is 1.46. The van der Waals surface area contributed by atoms with Gasteiger partial charge in [-0.05, 0) is 18.4 Å². The van der Waals surface area contributed by atoms with E-state index in [0.717, 1.165) is 31.2 Å². The van der Waals surface area contributed by atoms with Crippen LogP contribution in [-0.2, 0) is 10.5 Å². The number of ether oxygens (including phenoxy) is 1. The first kappa shape index (κ1) is 24.8. The van der Waals surface area contributed by atoms with E-state index in [9.17, 15) is 25.4 Å². The first-order chi connectivity index (χ1) is 17.4. The Morgan fingerprint density at radius 3 is 2.56 bits per heavy atom. The Kier molecular flexibility index (Phi) is 7.34. The summed E-state index contributed by atoms with van der Waals surface area (Å²) >= 11 is 1.43. The Bertz CT molecular complexity index is 1220. The van der Waals surface area contributed by atoms with Crippen molar-refractivity contribution in [1.82, 2.24) is 19.5 Å². The molecular weight excluding hydrogens is 488 g/mol. The minimum Gasteiger partial charge on any atom is -0.394 e. The number of nitro benzene ring substituents is 1. The highest BCUT2D eigenvalue weighted by molar-refractivity contribution is 7.98. The summed E-state index contributed by atoms with van der Waals surface area (Å²) in [4.78, 5) is 24.4. The van der Waals surface area contributed by atoms with Gasteiger partial charge in [0.15, 0.2) is 11.9 Å². The molecular formula is C23H28N6O6S. The third-order valence-electron chi connectivity index (χ3n) is 6.64. The van der Waals surface area contributed by atoms with E-state index in [1.54, 1.807) is 16.7 Å². The Hall–Kier alpha value is -2.84. The predicted molar refractivity (Wildman–Crippen MR) is 131 cm³/mol. The maximum absolute atomic E-state index is 10.9. The van der Waals surface area contributed by atoms with E-state index >= 15 is 0 Å². The van der Waals surface area contributed by atoms with Gasteiger partial charge in [0.05, 0.1) is 17.9 Å². The van der Waals surface area contributed by atoms with Crippen LogP contribution in [0.2, 0.25) is 0 Å². The smallest absolute Gasteiger partial charge is 0.269 e. The lowest BCUT2D eigenvalue weighted by molar-refractivity contribution is -0.384. The normalized spacial score (nSPS) is 24.9. The second-order valence-electron chi connectivity index (χ2n) is 9.10. The summed E-state index contributed by atoms with van der Waals surface area (Å²) in [5.74, 6) is 0.947. The van der Waals surface area contributed by atoms with Gasteiger partial charge in [0.2, 0.25) is 5.95 Å². The number of thioether (sulfide) groups is 1. The fourth-order valence-electron chi connectivity index (χ4n) is 4.65. The quantitative estimate of drug-likeness (QED) is 0.150. The first-order valence-corrected chi connectivity index (χ1v) is 12.9. The highest BCUT2D eigenvalue weighted by Gasteiger charge is 2.44. The highest BCUT2D eigenvalue weighted by Crippen LogP contribution is 2.35. The summed E-state index contributed by atoms with van der Waals surface area (Å²) in [7, 11) is 0. The van der Waals surface area contributed by atoms with Crippen molar-refractivity contribution in [2.24, 2.45) is 0 Å². The summed E-state index contributed by atoms with van der Waals surface area (Å²) in [6.07, 6.45) is 2.65. The van der Waals surface area contributed by atoms with Crippen LogP contribution in [0.25, 0.3) is 11.2 Å². The van der Waals surface area contributed by atoms with Crippen LogP contribution in [-0.4, -0.2) is 70.7 Å². The number of aliphatic hydroxyl groups is 3. The zero-order valence-electron chi connectivity index (χ0n) is 19.4. The van der Waals surface area contributed by atoms with Crippen LogP contribution in [0.15, 0.2) is 35.6 Å². The number of nitrogens with one attached hydrogen (secondary N) is 1. The molecule has 2 aliphatic rings. The third-order valence-corrected chi connectivity index (χ3v) is 7.68. The molecule has 3 aromatic rings. The molecule has 0 spiro atoms. The lowest BCUT2D eigenvalue weighted by Crippen LogP contribution is -2.33. The molecule has 36 heavy (non-hydrogen) atoms. The van der Waals surface area contributed by atoms with Gasteiger partial charge < -0.3 is 25.4 Å². The van der Waals surface area contributed by atoms with E-state index in [0.29, 0.717) is 27.9 Å². The summed E-state index contributed by atoms with van der Waals surface area (Å²) in [6, 6.07) is 6.62. The van der Waals surface area contributed by atoms with Crippen LogP contribution in [0, 0.1) is 10.1 Å². The zero-order chi connectivity index (χ0) is 25.2. The second-order valence-corrected chi connectivity index (χ2v) is 10.1. The van der Waals surface area contributed by atoms with Crippen LogP contribution in [0.1, 0.15) is 43.9 Å². The molecule has 0 radical (unpaired) electrons. The average Bonchev–Trinajstić information content (AvgIpc) is 3.43. The largest absolute Gasteiger partial charge is 0.394 e. The molecule has 2 fully saturated rings. The highest BCUT2D eigenvalue weighted by atomic mass is 32.2. The molecule has 4 N–H and O–H groups in total. The molecule has 4 atom stereocenters. The van der Waals surface area contributed by atoms with Gasteiger partial charge in [0.25, 0.3) is 5.69 Å². The number of benzene rings is 1. The summed E-state index contributed by atoms with van der Waals surface area (Å²) in [5, 5.41) is 45.3. The van der Waals surface area contributed by atoms with Gasteiger partial charge >= 0.3 is 0 Å². The van der Waals surface area contributed by atoms with Crippen LogP contribution < -0.4 is 5.32 Å². The van der Waals surface area contributed by atoms with Gasteiger partial charge in [-0.2, -0.15) is 4.98 Å². The van der Waals surface area contributed by atoms with E-state index in [1.165, 1.54) is 36.6 Å². The summed E-state index contributed by atoms with van der Waals surface area (Å²) in [6.45, 7) is -0.429. The zero-order valence-corrected chi connectivity index (χ0v) is 20.3. The Labute approximate surface area is 210 Å². The first-order valence-electron chi connectivity index (χ1n) is 11.9. The second kappa shape index (κ2) is 10.6. The molecule has 2 aromatic heterocycles. The number of nitro groups is 1. The van der Waals surface area contributed by atoms with Crippen LogP contribution >= 0.6 is 11.8 Å². The molecule has 1 saturated carbocycles. The summed E-state index contributed by atoms with van der Waals surface area (Å²) in [5.41, 5.74) is 1.87. The van der Waals surface area contributed by atoms with Crippen LogP contribution in [0.4, 0.5) is 11.6 Å². The molecule has 13 heteroatoms. The molecule has 0 unspecified atom stereocenters. The maximum atomic E-state index is 10.9. The fraction of sp³-hybridized carbons (Fsp3) is 0.522. The number of hydrogen-bond acceptors (Lipinski definition) is 11. The molecule has 0 bridgehead atoms. The number of fused-ring (bicyclic) bond motifs is 1. The molecule has 3 heterocycles.